The molecule has 1 heterocycles. The standard InChI is InChI=1S/C9H16I/c1-7-3-8-5-9(2,4-7)6-10-8/h7-8H,3-6H2,1-2H3/q-1/t7-,8+,9?/m1/s1. The van der Waals surface area contributed by atoms with Crippen LogP contribution in [0.25, 0.3) is 0 Å². The Morgan fingerprint density at radius 2 is 2.20 bits per heavy atom. The molecule has 0 aromatic carbocycles. The van der Waals surface area contributed by atoms with E-state index in [1.54, 1.807) is 17.3 Å². The molecule has 2 bridgehead atoms. The number of halogens is 1. The molecule has 2 fully saturated rings. The zero-order valence-corrected chi connectivity index (χ0v) is 9.02. The predicted octanol–water partition coefficient (Wildman–Crippen LogP) is -0.716. The van der Waals surface area contributed by atoms with E-state index in [2.05, 4.69) is 13.8 Å². The molecule has 60 valence electrons. The average Bonchev–Trinajstić information content (AvgIpc) is 2.06. The molecule has 10 heavy (non-hydrogen) atoms. The van der Waals surface area contributed by atoms with E-state index in [1.807, 2.05) is 0 Å². The van der Waals surface area contributed by atoms with Gasteiger partial charge in [0.1, 0.15) is 0 Å². The molecule has 3 atom stereocenters. The molecule has 0 aromatic heterocycles. The summed E-state index contributed by atoms with van der Waals surface area (Å²) in [6, 6.07) is 0. The van der Waals surface area contributed by atoms with E-state index < -0.39 is 0 Å². The van der Waals surface area contributed by atoms with Crippen LogP contribution in [0.3, 0.4) is 0 Å². The number of rotatable bonds is 0. The minimum absolute atomic E-state index is 0.622. The topological polar surface area (TPSA) is 0 Å². The average molecular weight is 251 g/mol. The van der Waals surface area contributed by atoms with Gasteiger partial charge in [0.05, 0.1) is 0 Å². The summed E-state index contributed by atoms with van der Waals surface area (Å²) in [7, 11) is 0. The first-order valence-electron chi connectivity index (χ1n) is 4.26. The second kappa shape index (κ2) is 2.36. The van der Waals surface area contributed by atoms with Crippen molar-refractivity contribution in [2.75, 3.05) is 4.43 Å². The van der Waals surface area contributed by atoms with E-state index in [9.17, 15) is 0 Å². The summed E-state index contributed by atoms with van der Waals surface area (Å²) in [5.74, 6) is 1.05. The monoisotopic (exact) mass is 251 g/mol. The van der Waals surface area contributed by atoms with E-state index in [1.165, 1.54) is 10.3 Å². The fourth-order valence-corrected chi connectivity index (χ4v) is 7.50. The molecule has 1 saturated heterocycles. The molecule has 1 saturated carbocycles. The molecule has 0 N–H and O–H groups in total. The molecule has 0 radical (unpaired) electrons. The van der Waals surface area contributed by atoms with Crippen molar-refractivity contribution < 1.29 is 21.2 Å². The molecule has 1 unspecified atom stereocenters. The molecule has 1 heteroatoms. The molecule has 0 spiro atoms. The molecule has 2 aliphatic rings. The van der Waals surface area contributed by atoms with E-state index in [4.69, 9.17) is 0 Å². The van der Waals surface area contributed by atoms with Crippen LogP contribution < -0.4 is 21.2 Å². The van der Waals surface area contributed by atoms with Crippen LogP contribution in [0.15, 0.2) is 0 Å². The molecule has 0 amide bonds. The minimum atomic E-state index is 0.622. The fraction of sp³-hybridized carbons (Fsp3) is 1.00. The number of hydrogen-bond acceptors (Lipinski definition) is 0. The second-order valence-electron chi connectivity index (χ2n) is 4.44. The van der Waals surface area contributed by atoms with Gasteiger partial charge in [-0.2, -0.15) is 0 Å². The van der Waals surface area contributed by atoms with E-state index >= 15 is 0 Å². The van der Waals surface area contributed by atoms with Crippen molar-refractivity contribution >= 4 is 0 Å². The van der Waals surface area contributed by atoms with Gasteiger partial charge < -0.3 is 0 Å². The maximum absolute atomic E-state index is 2.52. The van der Waals surface area contributed by atoms with Gasteiger partial charge >= 0.3 is 74.0 Å². The molecule has 2 rings (SSSR count). The van der Waals surface area contributed by atoms with Crippen LogP contribution in [-0.4, -0.2) is 8.35 Å². The Hall–Kier alpha value is 0.730. The maximum atomic E-state index is 2.52. The van der Waals surface area contributed by atoms with Crippen molar-refractivity contribution in [2.45, 2.75) is 37.0 Å². The molecular weight excluding hydrogens is 235 g/mol. The van der Waals surface area contributed by atoms with Crippen molar-refractivity contribution in [2.24, 2.45) is 11.3 Å². The van der Waals surface area contributed by atoms with Gasteiger partial charge in [-0.15, -0.1) is 0 Å². The number of hydrogen-bond donors (Lipinski definition) is 0. The van der Waals surface area contributed by atoms with Crippen LogP contribution in [0, 0.1) is 11.3 Å². The van der Waals surface area contributed by atoms with Gasteiger partial charge in [-0.1, -0.05) is 0 Å². The van der Waals surface area contributed by atoms with Crippen LogP contribution >= 0.6 is 0 Å². The third-order valence-corrected chi connectivity index (χ3v) is 7.31. The molecule has 0 nitrogen and oxygen atoms in total. The van der Waals surface area contributed by atoms with Crippen LogP contribution in [0.2, 0.25) is 0 Å². The van der Waals surface area contributed by atoms with E-state index in [-0.39, 0.29) is 0 Å². The SMILES string of the molecule is C[C@@H]1C[C@H]2CC(C)(C[I-]2)C1. The molecule has 1 aliphatic carbocycles. The van der Waals surface area contributed by atoms with Gasteiger partial charge in [0.25, 0.3) is 0 Å². The molecular formula is C9H16I-. The Morgan fingerprint density at radius 1 is 1.40 bits per heavy atom. The van der Waals surface area contributed by atoms with Crippen LogP contribution in [0.1, 0.15) is 33.1 Å². The number of fused-ring (bicyclic) bond motifs is 2. The Balaban J connectivity index is 2.13. The summed E-state index contributed by atoms with van der Waals surface area (Å²) < 4.78 is 2.84. The summed E-state index contributed by atoms with van der Waals surface area (Å²) in [6.07, 6.45) is 4.69. The van der Waals surface area contributed by atoms with Gasteiger partial charge in [0.15, 0.2) is 0 Å². The second-order valence-corrected chi connectivity index (χ2v) is 7.85. The van der Waals surface area contributed by atoms with Gasteiger partial charge in [-0.05, 0) is 0 Å². The zero-order valence-electron chi connectivity index (χ0n) is 6.86. The van der Waals surface area contributed by atoms with Gasteiger partial charge in [-0.25, -0.2) is 0 Å². The quantitative estimate of drug-likeness (QED) is 0.394. The van der Waals surface area contributed by atoms with Crippen molar-refractivity contribution in [1.82, 2.24) is 0 Å². The number of alkyl halides is 2. The van der Waals surface area contributed by atoms with Gasteiger partial charge in [0, 0.05) is 0 Å². The van der Waals surface area contributed by atoms with Crippen LogP contribution in [0.4, 0.5) is 0 Å². The summed E-state index contributed by atoms with van der Waals surface area (Å²) in [5.41, 5.74) is 0.815. The summed E-state index contributed by atoms with van der Waals surface area (Å²) in [5, 5.41) is 0. The Morgan fingerprint density at radius 3 is 2.90 bits per heavy atom. The van der Waals surface area contributed by atoms with E-state index in [0.29, 0.717) is 21.2 Å². The first-order valence-corrected chi connectivity index (χ1v) is 7.03. The van der Waals surface area contributed by atoms with Crippen molar-refractivity contribution in [3.8, 4) is 0 Å². The predicted molar refractivity (Wildman–Crippen MR) is 39.8 cm³/mol. The van der Waals surface area contributed by atoms with Gasteiger partial charge in [0.2, 0.25) is 0 Å². The third kappa shape index (κ3) is 1.21. The summed E-state index contributed by atoms with van der Waals surface area (Å²) in [6.45, 7) is 4.96. The van der Waals surface area contributed by atoms with Crippen LogP contribution in [-0.2, 0) is 0 Å². The van der Waals surface area contributed by atoms with Crippen molar-refractivity contribution in [3.05, 3.63) is 0 Å². The van der Waals surface area contributed by atoms with Crippen LogP contribution in [0.5, 0.6) is 0 Å². The first kappa shape index (κ1) is 7.38. The normalized spacial score (nSPS) is 54.2. The zero-order chi connectivity index (χ0) is 7.19. The Bertz CT molecular complexity index is 144. The molecule has 1 aliphatic heterocycles. The molecule has 0 aromatic rings. The third-order valence-electron chi connectivity index (χ3n) is 2.83. The summed E-state index contributed by atoms with van der Waals surface area (Å²) >= 11 is 0.622. The Labute approximate surface area is 74.0 Å². The Kier molecular flexibility index (Phi) is 1.74. The van der Waals surface area contributed by atoms with Crippen molar-refractivity contribution in [3.63, 3.8) is 0 Å². The van der Waals surface area contributed by atoms with Gasteiger partial charge in [-0.3, -0.25) is 0 Å². The fourth-order valence-electron chi connectivity index (χ4n) is 2.58. The summed E-state index contributed by atoms with van der Waals surface area (Å²) in [4.78, 5) is 0. The first-order chi connectivity index (χ1) is 4.68. The van der Waals surface area contributed by atoms with E-state index in [0.717, 1.165) is 11.3 Å². The van der Waals surface area contributed by atoms with Crippen molar-refractivity contribution in [1.29, 1.82) is 0 Å².